The highest BCUT2D eigenvalue weighted by Crippen LogP contribution is 2.31. The highest BCUT2D eigenvalue weighted by atomic mass is 19.1. The van der Waals surface area contributed by atoms with Gasteiger partial charge in [-0.25, -0.2) is 14.4 Å². The number of hydrogen-bond acceptors (Lipinski definition) is 6. The van der Waals surface area contributed by atoms with Crippen LogP contribution in [0.25, 0.3) is 0 Å². The first-order valence-corrected chi connectivity index (χ1v) is 10.5. The number of fused-ring (bicyclic) bond motifs is 1. The smallest absolute Gasteiger partial charge is 0.225 e. The van der Waals surface area contributed by atoms with Gasteiger partial charge in [-0.05, 0) is 44.1 Å². The van der Waals surface area contributed by atoms with Crippen LogP contribution in [0.15, 0.2) is 24.4 Å². The van der Waals surface area contributed by atoms with Crippen molar-refractivity contribution in [2.75, 3.05) is 31.7 Å². The maximum Gasteiger partial charge on any atom is 0.225 e. The molecule has 0 spiro atoms. The van der Waals surface area contributed by atoms with Gasteiger partial charge in [0.2, 0.25) is 5.95 Å². The Kier molecular flexibility index (Phi) is 6.25. The Morgan fingerprint density at radius 1 is 1.28 bits per heavy atom. The van der Waals surface area contributed by atoms with Crippen LogP contribution in [-0.2, 0) is 13.0 Å². The molecule has 4 rings (SSSR count). The molecule has 7 heteroatoms. The van der Waals surface area contributed by atoms with E-state index < -0.39 is 0 Å². The van der Waals surface area contributed by atoms with Crippen LogP contribution >= 0.6 is 0 Å². The number of rotatable bonds is 6. The fourth-order valence-electron chi connectivity index (χ4n) is 4.31. The van der Waals surface area contributed by atoms with Crippen LogP contribution in [0, 0.1) is 11.7 Å². The Labute approximate surface area is 171 Å². The zero-order valence-corrected chi connectivity index (χ0v) is 16.9. The summed E-state index contributed by atoms with van der Waals surface area (Å²) in [5, 5.41) is 12.9. The molecule has 1 aromatic carbocycles. The summed E-state index contributed by atoms with van der Waals surface area (Å²) in [6.45, 7) is 2.67. The number of methoxy groups -OCH3 is 1. The van der Waals surface area contributed by atoms with E-state index in [1.54, 1.807) is 13.2 Å². The lowest BCUT2D eigenvalue weighted by Gasteiger charge is -2.32. The van der Waals surface area contributed by atoms with Crippen LogP contribution in [-0.4, -0.2) is 41.9 Å². The summed E-state index contributed by atoms with van der Waals surface area (Å²) in [7, 11) is 1.56. The van der Waals surface area contributed by atoms with Gasteiger partial charge < -0.3 is 20.1 Å². The van der Waals surface area contributed by atoms with Crippen molar-refractivity contribution in [2.45, 2.75) is 44.7 Å². The lowest BCUT2D eigenvalue weighted by Crippen LogP contribution is -2.36. The average Bonchev–Trinajstić information content (AvgIpc) is 2.77. The second-order valence-corrected chi connectivity index (χ2v) is 7.97. The number of piperidine rings is 1. The minimum Gasteiger partial charge on any atom is -0.496 e. The molecule has 1 atom stereocenters. The van der Waals surface area contributed by atoms with Gasteiger partial charge in [0.25, 0.3) is 0 Å². The first-order chi connectivity index (χ1) is 14.2. The summed E-state index contributed by atoms with van der Waals surface area (Å²) in [5.74, 6) is 1.48. The number of aliphatic hydroxyl groups is 1. The van der Waals surface area contributed by atoms with E-state index in [-0.39, 0.29) is 18.5 Å². The minimum absolute atomic E-state index is 0.183. The molecule has 6 nitrogen and oxygen atoms in total. The number of aromatic nitrogens is 2. The van der Waals surface area contributed by atoms with E-state index in [2.05, 4.69) is 15.2 Å². The van der Waals surface area contributed by atoms with E-state index in [1.807, 2.05) is 6.20 Å². The molecule has 2 N–H and O–H groups in total. The fraction of sp³-hybridized carbons (Fsp3) is 0.545. The van der Waals surface area contributed by atoms with Crippen molar-refractivity contribution in [3.05, 3.63) is 47.0 Å². The predicted octanol–water partition coefficient (Wildman–Crippen LogP) is 3.00. The normalized spacial score (nSPS) is 19.8. The number of halogens is 1. The van der Waals surface area contributed by atoms with Crippen molar-refractivity contribution in [2.24, 2.45) is 5.92 Å². The maximum absolute atomic E-state index is 13.4. The molecule has 1 fully saturated rings. The molecule has 2 heterocycles. The summed E-state index contributed by atoms with van der Waals surface area (Å²) in [5.41, 5.74) is 3.21. The van der Waals surface area contributed by atoms with Gasteiger partial charge in [0.1, 0.15) is 11.6 Å². The highest BCUT2D eigenvalue weighted by molar-refractivity contribution is 5.37. The summed E-state index contributed by atoms with van der Waals surface area (Å²) in [6, 6.07) is 4.83. The van der Waals surface area contributed by atoms with E-state index in [1.165, 1.54) is 12.1 Å². The third-order valence-electron chi connectivity index (χ3n) is 6.11. The SMILES string of the molecule is COc1cc(F)ccc1CNC1CCCc2nc(N3CCC(CO)CC3)ncc21. The predicted molar refractivity (Wildman–Crippen MR) is 110 cm³/mol. The maximum atomic E-state index is 13.4. The van der Waals surface area contributed by atoms with Crippen LogP contribution in [0.4, 0.5) is 10.3 Å². The Hall–Kier alpha value is -2.25. The zero-order chi connectivity index (χ0) is 20.2. The lowest BCUT2D eigenvalue weighted by molar-refractivity contribution is 0.202. The molecule has 1 aliphatic carbocycles. The number of aliphatic hydroxyl groups excluding tert-OH is 1. The summed E-state index contributed by atoms with van der Waals surface area (Å²) >= 11 is 0. The van der Waals surface area contributed by atoms with E-state index >= 15 is 0 Å². The molecule has 1 saturated heterocycles. The molecule has 1 unspecified atom stereocenters. The highest BCUT2D eigenvalue weighted by Gasteiger charge is 2.25. The van der Waals surface area contributed by atoms with Crippen LogP contribution in [0.1, 0.15) is 48.5 Å². The number of benzene rings is 1. The second kappa shape index (κ2) is 9.05. The van der Waals surface area contributed by atoms with Crippen molar-refractivity contribution in [3.63, 3.8) is 0 Å². The quantitative estimate of drug-likeness (QED) is 0.777. The molecule has 1 aliphatic heterocycles. The van der Waals surface area contributed by atoms with Gasteiger partial charge in [0, 0.05) is 55.7 Å². The van der Waals surface area contributed by atoms with Gasteiger partial charge >= 0.3 is 0 Å². The van der Waals surface area contributed by atoms with Crippen molar-refractivity contribution >= 4 is 5.95 Å². The molecule has 29 heavy (non-hydrogen) atoms. The van der Waals surface area contributed by atoms with Crippen molar-refractivity contribution in [1.29, 1.82) is 0 Å². The third-order valence-corrected chi connectivity index (χ3v) is 6.11. The standard InChI is InChI=1S/C22H29FN4O2/c1-29-21-11-17(23)6-5-16(21)12-24-19-3-2-4-20-18(19)13-25-22(26-20)27-9-7-15(14-28)8-10-27/h5-6,11,13,15,19,24,28H,2-4,7-10,12,14H2,1H3. The van der Waals surface area contributed by atoms with Crippen molar-refractivity contribution in [1.82, 2.24) is 15.3 Å². The van der Waals surface area contributed by atoms with Gasteiger partial charge in [-0.2, -0.15) is 0 Å². The van der Waals surface area contributed by atoms with Crippen molar-refractivity contribution in [3.8, 4) is 5.75 Å². The largest absolute Gasteiger partial charge is 0.496 e. The monoisotopic (exact) mass is 400 g/mol. The van der Waals surface area contributed by atoms with Crippen LogP contribution < -0.4 is 15.0 Å². The Morgan fingerprint density at radius 2 is 2.10 bits per heavy atom. The Morgan fingerprint density at radius 3 is 2.86 bits per heavy atom. The number of nitrogens with one attached hydrogen (secondary N) is 1. The van der Waals surface area contributed by atoms with E-state index in [4.69, 9.17) is 9.72 Å². The number of anilines is 1. The summed E-state index contributed by atoms with van der Waals surface area (Å²) in [6.07, 6.45) is 7.02. The Bertz CT molecular complexity index is 840. The van der Waals surface area contributed by atoms with Crippen molar-refractivity contribution < 1.29 is 14.2 Å². The topological polar surface area (TPSA) is 70.5 Å². The molecular weight excluding hydrogens is 371 g/mol. The van der Waals surface area contributed by atoms with Gasteiger partial charge in [-0.15, -0.1) is 0 Å². The molecular formula is C22H29FN4O2. The Balaban J connectivity index is 1.45. The molecule has 0 amide bonds. The second-order valence-electron chi connectivity index (χ2n) is 7.97. The third kappa shape index (κ3) is 4.51. The first-order valence-electron chi connectivity index (χ1n) is 10.5. The van der Waals surface area contributed by atoms with Gasteiger partial charge in [-0.1, -0.05) is 6.07 Å². The van der Waals surface area contributed by atoms with Crippen LogP contribution in [0.3, 0.4) is 0 Å². The molecule has 1 aromatic heterocycles. The van der Waals surface area contributed by atoms with E-state index in [9.17, 15) is 9.50 Å². The molecule has 2 aromatic rings. The molecule has 156 valence electrons. The molecule has 0 radical (unpaired) electrons. The number of aryl methyl sites for hydroxylation is 1. The fourth-order valence-corrected chi connectivity index (χ4v) is 4.31. The van der Waals surface area contributed by atoms with Gasteiger partial charge in [0.15, 0.2) is 0 Å². The lowest BCUT2D eigenvalue weighted by atomic mass is 9.92. The van der Waals surface area contributed by atoms with Crippen LogP contribution in [0.5, 0.6) is 5.75 Å². The summed E-state index contributed by atoms with van der Waals surface area (Å²) < 4.78 is 18.7. The van der Waals surface area contributed by atoms with Gasteiger partial charge in [-0.3, -0.25) is 0 Å². The van der Waals surface area contributed by atoms with E-state index in [0.717, 1.165) is 68.0 Å². The zero-order valence-electron chi connectivity index (χ0n) is 16.9. The summed E-state index contributed by atoms with van der Waals surface area (Å²) in [4.78, 5) is 11.8. The minimum atomic E-state index is -0.294. The van der Waals surface area contributed by atoms with E-state index in [0.29, 0.717) is 18.2 Å². The number of hydrogen-bond donors (Lipinski definition) is 2. The number of nitrogens with zero attached hydrogens (tertiary/aromatic N) is 3. The first kappa shape index (κ1) is 20.0. The van der Waals surface area contributed by atoms with Crippen LogP contribution in [0.2, 0.25) is 0 Å². The molecule has 2 aliphatic rings. The average molecular weight is 400 g/mol. The van der Waals surface area contributed by atoms with Gasteiger partial charge in [0.05, 0.1) is 12.8 Å². The molecule has 0 bridgehead atoms. The molecule has 0 saturated carbocycles. The number of ether oxygens (including phenoxy) is 1.